The van der Waals surface area contributed by atoms with Crippen LogP contribution in [0, 0.1) is 0 Å². The third-order valence-electron chi connectivity index (χ3n) is 4.11. The molecule has 5 nitrogen and oxygen atoms in total. The van der Waals surface area contributed by atoms with Crippen molar-refractivity contribution in [3.05, 3.63) is 83.9 Å². The molecule has 3 rings (SSSR count). The Hall–Kier alpha value is -2.74. The van der Waals surface area contributed by atoms with E-state index in [0.717, 1.165) is 21.1 Å². The van der Waals surface area contributed by atoms with Crippen LogP contribution in [0.4, 0.5) is 0 Å². The van der Waals surface area contributed by atoms with E-state index in [-0.39, 0.29) is 10.6 Å². The second-order valence-electron chi connectivity index (χ2n) is 6.04. The number of ether oxygens (including phenoxy) is 2. The van der Waals surface area contributed by atoms with Crippen molar-refractivity contribution in [1.29, 1.82) is 0 Å². The maximum absolute atomic E-state index is 11.7. The molecule has 7 heteroatoms. The summed E-state index contributed by atoms with van der Waals surface area (Å²) in [5.74, 6) is 0.862. The van der Waals surface area contributed by atoms with Gasteiger partial charge in [0.05, 0.1) is 14.2 Å². The van der Waals surface area contributed by atoms with Crippen molar-refractivity contribution in [1.82, 2.24) is 0 Å². The quantitative estimate of drug-likeness (QED) is 0.315. The van der Waals surface area contributed by atoms with Crippen molar-refractivity contribution in [3.8, 4) is 11.5 Å². The highest BCUT2D eigenvalue weighted by atomic mass is 32.2. The van der Waals surface area contributed by atoms with Crippen molar-refractivity contribution in [2.75, 3.05) is 14.2 Å². The number of thioether (sulfide) groups is 1. The molecular weight excluding hydrogens is 408 g/mol. The second-order valence-corrected chi connectivity index (χ2v) is 8.54. The largest absolute Gasteiger partial charge is 0.497 e. The first-order valence-corrected chi connectivity index (χ1v) is 10.9. The normalized spacial score (nSPS) is 11.9. The van der Waals surface area contributed by atoms with Crippen LogP contribution in [0.2, 0.25) is 0 Å². The third kappa shape index (κ3) is 5.41. The van der Waals surface area contributed by atoms with Crippen LogP contribution in [0.5, 0.6) is 11.5 Å². The summed E-state index contributed by atoms with van der Waals surface area (Å²) in [4.78, 5) is 1.65. The van der Waals surface area contributed by atoms with Crippen LogP contribution in [-0.4, -0.2) is 27.2 Å². The molecule has 3 aromatic carbocycles. The molecule has 0 fully saturated rings. The van der Waals surface area contributed by atoms with Crippen molar-refractivity contribution < 1.29 is 22.4 Å². The SMILES string of the molecule is COc1ccc(S/C(=C/c2ccc(OC)c(S(=O)(=O)O)c2)c2ccccc2)cc1. The van der Waals surface area contributed by atoms with Gasteiger partial charge in [0, 0.05) is 9.80 Å². The highest BCUT2D eigenvalue weighted by Crippen LogP contribution is 2.37. The molecule has 0 spiro atoms. The van der Waals surface area contributed by atoms with Crippen LogP contribution in [-0.2, 0) is 10.1 Å². The molecule has 150 valence electrons. The van der Waals surface area contributed by atoms with Gasteiger partial charge in [-0.3, -0.25) is 4.55 Å². The van der Waals surface area contributed by atoms with Gasteiger partial charge in [0.1, 0.15) is 16.4 Å². The predicted molar refractivity (Wildman–Crippen MR) is 116 cm³/mol. The minimum Gasteiger partial charge on any atom is -0.497 e. The highest BCUT2D eigenvalue weighted by Gasteiger charge is 2.17. The van der Waals surface area contributed by atoms with E-state index in [9.17, 15) is 13.0 Å². The third-order valence-corrected chi connectivity index (χ3v) is 6.07. The van der Waals surface area contributed by atoms with Crippen LogP contribution < -0.4 is 9.47 Å². The lowest BCUT2D eigenvalue weighted by molar-refractivity contribution is 0.397. The maximum Gasteiger partial charge on any atom is 0.298 e. The van der Waals surface area contributed by atoms with E-state index in [2.05, 4.69) is 0 Å². The predicted octanol–water partition coefficient (Wildman–Crippen LogP) is 5.24. The summed E-state index contributed by atoms with van der Waals surface area (Å²) < 4.78 is 43.2. The van der Waals surface area contributed by atoms with Crippen molar-refractivity contribution in [3.63, 3.8) is 0 Å². The summed E-state index contributed by atoms with van der Waals surface area (Å²) in [5, 5.41) is 0. The molecule has 3 aromatic rings. The lowest BCUT2D eigenvalue weighted by Gasteiger charge is -2.11. The standard InChI is InChI=1S/C22H20O5S2/c1-26-18-9-11-19(12-10-18)28-21(17-6-4-3-5-7-17)14-16-8-13-20(27-2)22(15-16)29(23,24)25/h3-15H,1-2H3,(H,23,24,25)/b21-14+. The molecule has 29 heavy (non-hydrogen) atoms. The summed E-state index contributed by atoms with van der Waals surface area (Å²) in [6.45, 7) is 0. The Morgan fingerprint density at radius 3 is 2.21 bits per heavy atom. The van der Waals surface area contributed by atoms with E-state index < -0.39 is 10.1 Å². The van der Waals surface area contributed by atoms with Crippen molar-refractivity contribution in [2.24, 2.45) is 0 Å². The van der Waals surface area contributed by atoms with E-state index in [1.165, 1.54) is 19.2 Å². The lowest BCUT2D eigenvalue weighted by Crippen LogP contribution is -2.01. The molecule has 0 bridgehead atoms. The number of rotatable bonds is 7. The Morgan fingerprint density at radius 1 is 0.931 bits per heavy atom. The minimum absolute atomic E-state index is 0.0914. The van der Waals surface area contributed by atoms with Gasteiger partial charge in [-0.2, -0.15) is 8.42 Å². The van der Waals surface area contributed by atoms with Gasteiger partial charge in [0.25, 0.3) is 10.1 Å². The average molecular weight is 429 g/mol. The van der Waals surface area contributed by atoms with Gasteiger partial charge < -0.3 is 9.47 Å². The van der Waals surface area contributed by atoms with Crippen molar-refractivity contribution in [2.45, 2.75) is 9.79 Å². The zero-order chi connectivity index (χ0) is 20.9. The Balaban J connectivity index is 2.05. The smallest absolute Gasteiger partial charge is 0.298 e. The van der Waals surface area contributed by atoms with Crippen LogP contribution in [0.25, 0.3) is 11.0 Å². The van der Waals surface area contributed by atoms with Gasteiger partial charge in [-0.1, -0.05) is 48.2 Å². The van der Waals surface area contributed by atoms with Gasteiger partial charge in [-0.25, -0.2) is 0 Å². The molecule has 0 aliphatic rings. The molecule has 1 N–H and O–H groups in total. The first-order chi connectivity index (χ1) is 13.9. The molecule has 0 saturated heterocycles. The van der Waals surface area contributed by atoms with Gasteiger partial charge in [0.2, 0.25) is 0 Å². The Labute approximate surface area is 174 Å². The number of benzene rings is 3. The monoisotopic (exact) mass is 428 g/mol. The minimum atomic E-state index is -4.41. The van der Waals surface area contributed by atoms with Crippen LogP contribution in [0.1, 0.15) is 11.1 Å². The van der Waals surface area contributed by atoms with E-state index >= 15 is 0 Å². The average Bonchev–Trinajstić information content (AvgIpc) is 2.74. The topological polar surface area (TPSA) is 72.8 Å². The molecule has 0 saturated carbocycles. The molecule has 0 amide bonds. The lowest BCUT2D eigenvalue weighted by atomic mass is 10.1. The fourth-order valence-corrected chi connectivity index (χ4v) is 4.35. The molecule has 0 aliphatic heterocycles. The van der Waals surface area contributed by atoms with E-state index in [0.29, 0.717) is 5.56 Å². The highest BCUT2D eigenvalue weighted by molar-refractivity contribution is 8.08. The van der Waals surface area contributed by atoms with Crippen LogP contribution in [0.15, 0.2) is 82.6 Å². The summed E-state index contributed by atoms with van der Waals surface area (Å²) in [5.41, 5.74) is 1.61. The molecule has 0 unspecified atom stereocenters. The first-order valence-electron chi connectivity index (χ1n) is 8.65. The fourth-order valence-electron chi connectivity index (χ4n) is 2.68. The molecular formula is C22H20O5S2. The molecule has 0 radical (unpaired) electrons. The van der Waals surface area contributed by atoms with Gasteiger partial charge >= 0.3 is 0 Å². The molecule has 0 atom stereocenters. The van der Waals surface area contributed by atoms with Gasteiger partial charge in [-0.15, -0.1) is 0 Å². The van der Waals surface area contributed by atoms with Crippen LogP contribution >= 0.6 is 11.8 Å². The van der Waals surface area contributed by atoms with E-state index in [1.54, 1.807) is 24.9 Å². The van der Waals surface area contributed by atoms with Gasteiger partial charge in [-0.05, 0) is 53.6 Å². The second kappa shape index (κ2) is 9.17. The van der Waals surface area contributed by atoms with E-state index in [1.807, 2.05) is 60.7 Å². The number of hydrogen-bond donors (Lipinski definition) is 1. The van der Waals surface area contributed by atoms with Crippen molar-refractivity contribution >= 4 is 32.9 Å². The zero-order valence-corrected chi connectivity index (χ0v) is 17.5. The first kappa shape index (κ1) is 21.0. The summed E-state index contributed by atoms with van der Waals surface area (Å²) in [6.07, 6.45) is 1.87. The van der Waals surface area contributed by atoms with Gasteiger partial charge in [0.15, 0.2) is 0 Å². The zero-order valence-electron chi connectivity index (χ0n) is 15.9. The molecule has 0 aromatic heterocycles. The van der Waals surface area contributed by atoms with Crippen LogP contribution in [0.3, 0.4) is 0 Å². The maximum atomic E-state index is 11.7. The molecule has 0 aliphatic carbocycles. The summed E-state index contributed by atoms with van der Waals surface area (Å²) in [6, 6.07) is 22.1. The Kier molecular flexibility index (Phi) is 6.64. The Morgan fingerprint density at radius 2 is 1.62 bits per heavy atom. The summed E-state index contributed by atoms with van der Waals surface area (Å²) >= 11 is 1.54. The Bertz CT molecular complexity index is 1110. The number of methoxy groups -OCH3 is 2. The molecule has 0 heterocycles. The van der Waals surface area contributed by atoms with E-state index in [4.69, 9.17) is 9.47 Å². The number of hydrogen-bond acceptors (Lipinski definition) is 5. The summed E-state index contributed by atoms with van der Waals surface area (Å²) in [7, 11) is -1.44. The fraction of sp³-hybridized carbons (Fsp3) is 0.0909.